The summed E-state index contributed by atoms with van der Waals surface area (Å²) in [5.74, 6) is 0. The third-order valence-corrected chi connectivity index (χ3v) is 15.8. The van der Waals surface area contributed by atoms with Gasteiger partial charge in [-0.3, -0.25) is 0 Å². The van der Waals surface area contributed by atoms with Crippen LogP contribution in [0.5, 0.6) is 0 Å². The number of nitrogens with zero attached hydrogens (tertiary/aromatic N) is 3. The van der Waals surface area contributed by atoms with E-state index in [1.165, 1.54) is 121 Å². The van der Waals surface area contributed by atoms with Crippen molar-refractivity contribution >= 4 is 65.4 Å². The second-order valence-corrected chi connectivity index (χ2v) is 20.1. The van der Waals surface area contributed by atoms with Crippen molar-refractivity contribution in [1.29, 1.82) is 0 Å². The van der Waals surface area contributed by atoms with Crippen LogP contribution < -0.4 is 0 Å². The van der Waals surface area contributed by atoms with Crippen LogP contribution >= 0.6 is 0 Å². The van der Waals surface area contributed by atoms with Crippen LogP contribution in [0.1, 0.15) is 25.0 Å². The molecule has 0 radical (unpaired) electrons. The topological polar surface area (TPSA) is 14.8 Å². The molecule has 3 nitrogen and oxygen atoms in total. The monoisotopic (exact) mass is 917 g/mol. The Hall–Kier alpha value is -9.18. The van der Waals surface area contributed by atoms with Gasteiger partial charge in [-0.15, -0.1) is 0 Å². The highest BCUT2D eigenvalue weighted by atomic mass is 15.0. The number of rotatable bonds is 6. The minimum absolute atomic E-state index is 0.162. The van der Waals surface area contributed by atoms with Crippen molar-refractivity contribution in [3.05, 3.63) is 260 Å². The first-order chi connectivity index (χ1) is 35.5. The Morgan fingerprint density at radius 3 is 1.36 bits per heavy atom. The standard InChI is InChI=1S/C69H47N3/c1-69(2)61-27-15-12-24-53(61)57-42-60-59-39-45(47-30-33-56-54-25-13-16-28-63(54)71(67(56)41-47)51-22-10-5-11-23-51)31-34-66(59)72(68(60)43-62(57)69)52-37-48(44-18-6-3-7-19-44)36-49(38-52)46-32-35-65-58(40-46)55-26-14-17-29-64(55)70(65)50-20-8-4-9-21-50/h3-43H,1-2H3. The van der Waals surface area contributed by atoms with Crippen LogP contribution in [0.3, 0.4) is 0 Å². The van der Waals surface area contributed by atoms with Crippen molar-refractivity contribution in [2.45, 2.75) is 19.3 Å². The fourth-order valence-corrected chi connectivity index (χ4v) is 12.4. The Labute approximate surface area is 417 Å². The lowest BCUT2D eigenvalue weighted by Gasteiger charge is -2.22. The van der Waals surface area contributed by atoms with Gasteiger partial charge in [-0.25, -0.2) is 0 Å². The van der Waals surface area contributed by atoms with Crippen molar-refractivity contribution in [2.24, 2.45) is 0 Å². The molecule has 0 spiro atoms. The number of aromatic nitrogens is 3. The van der Waals surface area contributed by atoms with E-state index in [2.05, 4.69) is 276 Å². The van der Waals surface area contributed by atoms with Crippen molar-refractivity contribution in [1.82, 2.24) is 13.7 Å². The zero-order valence-electron chi connectivity index (χ0n) is 40.0. The van der Waals surface area contributed by atoms with Crippen LogP contribution in [0.2, 0.25) is 0 Å². The summed E-state index contributed by atoms with van der Waals surface area (Å²) in [6.45, 7) is 4.77. The third kappa shape index (κ3) is 5.98. The Kier molecular flexibility index (Phi) is 8.71. The molecule has 0 amide bonds. The third-order valence-electron chi connectivity index (χ3n) is 15.8. The van der Waals surface area contributed by atoms with Crippen molar-refractivity contribution in [3.63, 3.8) is 0 Å². The van der Waals surface area contributed by atoms with Gasteiger partial charge in [-0.2, -0.15) is 0 Å². The number of hydrogen-bond donors (Lipinski definition) is 0. The van der Waals surface area contributed by atoms with Crippen LogP contribution in [0, 0.1) is 0 Å². The quantitative estimate of drug-likeness (QED) is 0.158. The molecular formula is C69H47N3. The van der Waals surface area contributed by atoms with Crippen LogP contribution in [-0.4, -0.2) is 13.7 Å². The van der Waals surface area contributed by atoms with E-state index < -0.39 is 0 Å². The van der Waals surface area contributed by atoms with Gasteiger partial charge in [-0.05, 0) is 153 Å². The molecule has 3 heterocycles. The molecular weight excluding hydrogens is 871 g/mol. The molecule has 0 atom stereocenters. The molecule has 338 valence electrons. The average molecular weight is 918 g/mol. The van der Waals surface area contributed by atoms with E-state index in [0.717, 1.165) is 17.1 Å². The minimum atomic E-state index is -0.162. The maximum Gasteiger partial charge on any atom is 0.0547 e. The lowest BCUT2D eigenvalue weighted by Crippen LogP contribution is -2.15. The summed E-state index contributed by atoms with van der Waals surface area (Å²) in [6, 6.07) is 92.3. The molecule has 0 saturated heterocycles. The Bertz CT molecular complexity index is 4510. The molecule has 14 aromatic rings. The zero-order chi connectivity index (χ0) is 47.7. The number of hydrogen-bond acceptors (Lipinski definition) is 0. The molecule has 0 bridgehead atoms. The number of benzene rings is 11. The SMILES string of the molecule is CC1(C)c2ccccc2-c2cc3c4cc(-c5ccc6c7ccccc7n(-c7ccccc7)c6c5)ccc4n(-c4cc(-c5ccccc5)cc(-c5ccc6c(c5)c5ccccc5n6-c5ccccc5)c4)c3cc21. The highest BCUT2D eigenvalue weighted by Crippen LogP contribution is 2.51. The van der Waals surface area contributed by atoms with Gasteiger partial charge in [0.05, 0.1) is 33.1 Å². The van der Waals surface area contributed by atoms with Gasteiger partial charge < -0.3 is 13.7 Å². The molecule has 1 aliphatic rings. The average Bonchev–Trinajstić information content (AvgIpc) is 4.13. The largest absolute Gasteiger partial charge is 0.309 e. The molecule has 3 aromatic heterocycles. The Morgan fingerprint density at radius 1 is 0.236 bits per heavy atom. The highest BCUT2D eigenvalue weighted by Gasteiger charge is 2.36. The van der Waals surface area contributed by atoms with Crippen molar-refractivity contribution in [2.75, 3.05) is 0 Å². The van der Waals surface area contributed by atoms with Crippen LogP contribution in [-0.2, 0) is 5.41 Å². The predicted molar refractivity (Wildman–Crippen MR) is 303 cm³/mol. The van der Waals surface area contributed by atoms with Crippen molar-refractivity contribution in [3.8, 4) is 61.6 Å². The van der Waals surface area contributed by atoms with Crippen molar-refractivity contribution < 1.29 is 0 Å². The maximum atomic E-state index is 2.54. The van der Waals surface area contributed by atoms with E-state index in [4.69, 9.17) is 0 Å². The Morgan fingerprint density at radius 2 is 0.681 bits per heavy atom. The van der Waals surface area contributed by atoms with Gasteiger partial charge in [0.2, 0.25) is 0 Å². The van der Waals surface area contributed by atoms with E-state index >= 15 is 0 Å². The first kappa shape index (κ1) is 40.7. The molecule has 15 rings (SSSR count). The summed E-state index contributed by atoms with van der Waals surface area (Å²) < 4.78 is 7.35. The summed E-state index contributed by atoms with van der Waals surface area (Å²) in [5.41, 5.74) is 23.0. The van der Waals surface area contributed by atoms with Crippen LogP contribution in [0.15, 0.2) is 249 Å². The maximum absolute atomic E-state index is 2.54. The summed E-state index contributed by atoms with van der Waals surface area (Å²) >= 11 is 0. The van der Waals surface area contributed by atoms with Gasteiger partial charge in [0.25, 0.3) is 0 Å². The number of para-hydroxylation sites is 4. The van der Waals surface area contributed by atoms with E-state index in [9.17, 15) is 0 Å². The van der Waals surface area contributed by atoms with Gasteiger partial charge >= 0.3 is 0 Å². The molecule has 0 saturated carbocycles. The predicted octanol–water partition coefficient (Wildman–Crippen LogP) is 18.3. The normalized spacial score (nSPS) is 13.0. The summed E-state index contributed by atoms with van der Waals surface area (Å²) in [7, 11) is 0. The fourth-order valence-electron chi connectivity index (χ4n) is 12.4. The zero-order valence-corrected chi connectivity index (χ0v) is 40.0. The van der Waals surface area contributed by atoms with Gasteiger partial charge in [0.15, 0.2) is 0 Å². The van der Waals surface area contributed by atoms with Gasteiger partial charge in [0, 0.05) is 54.8 Å². The highest BCUT2D eigenvalue weighted by molar-refractivity contribution is 6.15. The molecule has 0 aliphatic heterocycles. The molecule has 0 N–H and O–H groups in total. The second kappa shape index (κ2) is 15.4. The van der Waals surface area contributed by atoms with Crippen LogP contribution in [0.25, 0.3) is 127 Å². The van der Waals surface area contributed by atoms with Gasteiger partial charge in [0.1, 0.15) is 0 Å². The lowest BCUT2D eigenvalue weighted by molar-refractivity contribution is 0.661. The first-order valence-electron chi connectivity index (χ1n) is 25.1. The minimum Gasteiger partial charge on any atom is -0.309 e. The number of fused-ring (bicyclic) bond motifs is 12. The molecule has 1 aliphatic carbocycles. The summed E-state index contributed by atoms with van der Waals surface area (Å²) in [6.07, 6.45) is 0. The molecule has 3 heteroatoms. The first-order valence-corrected chi connectivity index (χ1v) is 25.1. The van der Waals surface area contributed by atoms with E-state index in [0.29, 0.717) is 0 Å². The van der Waals surface area contributed by atoms with E-state index in [1.807, 2.05) is 0 Å². The van der Waals surface area contributed by atoms with Gasteiger partial charge in [-0.1, -0.05) is 166 Å². The smallest absolute Gasteiger partial charge is 0.0547 e. The summed E-state index contributed by atoms with van der Waals surface area (Å²) in [5, 5.41) is 7.48. The molecule has 11 aromatic carbocycles. The second-order valence-electron chi connectivity index (χ2n) is 20.1. The van der Waals surface area contributed by atoms with E-state index in [1.54, 1.807) is 0 Å². The van der Waals surface area contributed by atoms with Crippen LogP contribution in [0.4, 0.5) is 0 Å². The summed E-state index contributed by atoms with van der Waals surface area (Å²) in [4.78, 5) is 0. The lowest BCUT2D eigenvalue weighted by atomic mass is 9.82. The fraction of sp³-hybridized carbons (Fsp3) is 0.0435. The molecule has 0 fully saturated rings. The van der Waals surface area contributed by atoms with E-state index in [-0.39, 0.29) is 5.41 Å². The molecule has 72 heavy (non-hydrogen) atoms. The Balaban J connectivity index is 0.979. The molecule has 0 unspecified atom stereocenters.